The lowest BCUT2D eigenvalue weighted by atomic mass is 10.2. The summed E-state index contributed by atoms with van der Waals surface area (Å²) in [6.07, 6.45) is 0. The van der Waals surface area contributed by atoms with Crippen molar-refractivity contribution in [3.05, 3.63) is 68.0 Å². The number of rotatable bonds is 3. The second kappa shape index (κ2) is 6.14. The maximum absolute atomic E-state index is 13.3. The molecule has 1 amide bonds. The van der Waals surface area contributed by atoms with Crippen molar-refractivity contribution in [2.45, 2.75) is 0 Å². The zero-order chi connectivity index (χ0) is 17.4. The molecule has 1 heterocycles. The van der Waals surface area contributed by atoms with Crippen molar-refractivity contribution < 1.29 is 18.5 Å². The van der Waals surface area contributed by atoms with Crippen LogP contribution in [-0.2, 0) is 0 Å². The highest BCUT2D eigenvalue weighted by atomic mass is 35.5. The Hall–Kier alpha value is -2.58. The van der Waals surface area contributed by atoms with Gasteiger partial charge < -0.3 is 5.32 Å². The molecule has 24 heavy (non-hydrogen) atoms. The van der Waals surface area contributed by atoms with Crippen LogP contribution in [0.15, 0.2) is 36.4 Å². The van der Waals surface area contributed by atoms with Crippen molar-refractivity contribution in [3.63, 3.8) is 0 Å². The molecule has 1 aromatic heterocycles. The van der Waals surface area contributed by atoms with Gasteiger partial charge in [0.25, 0.3) is 5.91 Å². The van der Waals surface area contributed by atoms with Gasteiger partial charge in [0.15, 0.2) is 0 Å². The number of nitrogens with zero attached hydrogens (tertiary/aromatic N) is 1. The van der Waals surface area contributed by atoms with E-state index in [1.807, 2.05) is 0 Å². The van der Waals surface area contributed by atoms with Crippen LogP contribution in [0.1, 0.15) is 9.67 Å². The van der Waals surface area contributed by atoms with E-state index in [1.54, 1.807) is 0 Å². The summed E-state index contributed by atoms with van der Waals surface area (Å²) in [6, 6.07) is 6.94. The number of hydrogen-bond donors (Lipinski definition) is 1. The first-order chi connectivity index (χ1) is 11.4. The van der Waals surface area contributed by atoms with Crippen LogP contribution >= 0.6 is 22.9 Å². The topological polar surface area (TPSA) is 72.2 Å². The minimum absolute atomic E-state index is 0.0489. The van der Waals surface area contributed by atoms with Crippen molar-refractivity contribution in [1.82, 2.24) is 0 Å². The standard InChI is InChI=1S/C15H7ClF2N2O3S/c16-13-9-3-1-7(17)5-12(9)24-14(13)15(21)19-8-2-4-10(18)11(6-8)20(22)23/h1-6H,(H,19,21). The van der Waals surface area contributed by atoms with E-state index in [-0.39, 0.29) is 15.6 Å². The summed E-state index contributed by atoms with van der Waals surface area (Å²) in [5.41, 5.74) is -0.704. The Bertz CT molecular complexity index is 990. The maximum atomic E-state index is 13.3. The zero-order valence-corrected chi connectivity index (χ0v) is 13.3. The highest BCUT2D eigenvalue weighted by Gasteiger charge is 2.20. The monoisotopic (exact) mass is 368 g/mol. The molecule has 122 valence electrons. The second-order valence-electron chi connectivity index (χ2n) is 4.76. The van der Waals surface area contributed by atoms with Crippen molar-refractivity contribution in [3.8, 4) is 0 Å². The molecule has 5 nitrogen and oxygen atoms in total. The number of fused-ring (bicyclic) bond motifs is 1. The number of nitro benzene ring substituents is 1. The average Bonchev–Trinajstić information content (AvgIpc) is 2.85. The highest BCUT2D eigenvalue weighted by molar-refractivity contribution is 7.21. The van der Waals surface area contributed by atoms with Crippen LogP contribution < -0.4 is 5.32 Å². The lowest BCUT2D eigenvalue weighted by Crippen LogP contribution is -2.11. The Morgan fingerprint density at radius 2 is 1.96 bits per heavy atom. The van der Waals surface area contributed by atoms with Gasteiger partial charge in [0.2, 0.25) is 5.82 Å². The summed E-state index contributed by atoms with van der Waals surface area (Å²) in [4.78, 5) is 22.3. The van der Waals surface area contributed by atoms with Gasteiger partial charge in [-0.05, 0) is 30.3 Å². The molecule has 0 atom stereocenters. The molecule has 0 fully saturated rings. The second-order valence-corrected chi connectivity index (χ2v) is 6.19. The number of anilines is 1. The number of carbonyl (C=O) groups excluding carboxylic acids is 1. The molecular weight excluding hydrogens is 362 g/mol. The molecule has 0 saturated carbocycles. The lowest BCUT2D eigenvalue weighted by molar-refractivity contribution is -0.387. The Morgan fingerprint density at radius 1 is 1.21 bits per heavy atom. The molecule has 3 rings (SSSR count). The molecule has 0 bridgehead atoms. The fourth-order valence-electron chi connectivity index (χ4n) is 2.10. The molecule has 1 N–H and O–H groups in total. The number of thiophene rings is 1. The van der Waals surface area contributed by atoms with Gasteiger partial charge in [-0.25, -0.2) is 4.39 Å². The van der Waals surface area contributed by atoms with Crippen LogP contribution in [0.25, 0.3) is 10.1 Å². The minimum Gasteiger partial charge on any atom is -0.321 e. The number of benzene rings is 2. The molecule has 2 aromatic carbocycles. The van der Waals surface area contributed by atoms with Crippen LogP contribution in [0.4, 0.5) is 20.2 Å². The first-order valence-corrected chi connectivity index (χ1v) is 7.69. The number of halogens is 3. The van der Waals surface area contributed by atoms with Gasteiger partial charge in [0, 0.05) is 21.8 Å². The van der Waals surface area contributed by atoms with Gasteiger partial charge in [0.05, 0.1) is 9.95 Å². The van der Waals surface area contributed by atoms with Gasteiger partial charge in [-0.3, -0.25) is 14.9 Å². The summed E-state index contributed by atoms with van der Waals surface area (Å²) in [7, 11) is 0. The van der Waals surface area contributed by atoms with Crippen molar-refractivity contribution >= 4 is 50.3 Å². The normalized spacial score (nSPS) is 10.8. The van der Waals surface area contributed by atoms with Crippen LogP contribution in [0.5, 0.6) is 0 Å². The number of carbonyl (C=O) groups is 1. The SMILES string of the molecule is O=C(Nc1ccc(F)c([N+](=O)[O-])c1)c1sc2cc(F)ccc2c1Cl. The highest BCUT2D eigenvalue weighted by Crippen LogP contribution is 2.36. The molecule has 0 aliphatic rings. The zero-order valence-electron chi connectivity index (χ0n) is 11.7. The lowest BCUT2D eigenvalue weighted by Gasteiger charge is -2.04. The Morgan fingerprint density at radius 3 is 2.67 bits per heavy atom. The predicted octanol–water partition coefficient (Wildman–Crippen LogP) is 4.99. The van der Waals surface area contributed by atoms with Crippen molar-refractivity contribution in [1.29, 1.82) is 0 Å². The van der Waals surface area contributed by atoms with Gasteiger partial charge in [-0.2, -0.15) is 4.39 Å². The Kier molecular flexibility index (Phi) is 4.16. The van der Waals surface area contributed by atoms with E-state index in [0.717, 1.165) is 23.5 Å². The van der Waals surface area contributed by atoms with Crippen molar-refractivity contribution in [2.75, 3.05) is 5.32 Å². The molecule has 3 aromatic rings. The third kappa shape index (κ3) is 2.93. The average molecular weight is 369 g/mol. The van der Waals surface area contributed by atoms with E-state index < -0.39 is 28.2 Å². The molecular formula is C15H7ClF2N2O3S. The van der Waals surface area contributed by atoms with Gasteiger partial charge in [-0.1, -0.05) is 11.6 Å². The molecule has 0 aliphatic carbocycles. The third-order valence-corrected chi connectivity index (χ3v) is 4.85. The van der Waals surface area contributed by atoms with E-state index in [9.17, 15) is 23.7 Å². The fourth-order valence-corrected chi connectivity index (χ4v) is 3.54. The number of nitrogens with one attached hydrogen (secondary N) is 1. The third-order valence-electron chi connectivity index (χ3n) is 3.20. The molecule has 0 spiro atoms. The summed E-state index contributed by atoms with van der Waals surface area (Å²) in [5.74, 6) is -2.09. The largest absolute Gasteiger partial charge is 0.321 e. The van der Waals surface area contributed by atoms with Gasteiger partial charge >= 0.3 is 5.69 Å². The van der Waals surface area contributed by atoms with E-state index in [4.69, 9.17) is 11.6 Å². The van der Waals surface area contributed by atoms with E-state index in [0.29, 0.717) is 10.1 Å². The molecule has 0 radical (unpaired) electrons. The minimum atomic E-state index is -1.01. The van der Waals surface area contributed by atoms with Crippen LogP contribution in [0, 0.1) is 21.7 Å². The van der Waals surface area contributed by atoms with E-state index >= 15 is 0 Å². The van der Waals surface area contributed by atoms with Crippen LogP contribution in [0.3, 0.4) is 0 Å². The number of hydrogen-bond acceptors (Lipinski definition) is 4. The fraction of sp³-hybridized carbons (Fsp3) is 0. The summed E-state index contributed by atoms with van der Waals surface area (Å²) in [5, 5.41) is 13.8. The first kappa shape index (κ1) is 16.3. The quantitative estimate of drug-likeness (QED) is 0.522. The number of nitro groups is 1. The van der Waals surface area contributed by atoms with E-state index in [1.165, 1.54) is 24.3 Å². The molecule has 0 aliphatic heterocycles. The number of amides is 1. The summed E-state index contributed by atoms with van der Waals surface area (Å²) >= 11 is 7.12. The van der Waals surface area contributed by atoms with Crippen LogP contribution in [-0.4, -0.2) is 10.8 Å². The van der Waals surface area contributed by atoms with Crippen LogP contribution in [0.2, 0.25) is 5.02 Å². The summed E-state index contributed by atoms with van der Waals surface area (Å²) in [6.45, 7) is 0. The summed E-state index contributed by atoms with van der Waals surface area (Å²) < 4.78 is 27.1. The predicted molar refractivity (Wildman–Crippen MR) is 87.8 cm³/mol. The van der Waals surface area contributed by atoms with Gasteiger partial charge in [0.1, 0.15) is 10.7 Å². The van der Waals surface area contributed by atoms with E-state index in [2.05, 4.69) is 5.32 Å². The maximum Gasteiger partial charge on any atom is 0.306 e. The Balaban J connectivity index is 1.94. The first-order valence-electron chi connectivity index (χ1n) is 6.49. The molecule has 9 heteroatoms. The Labute approximate surface area is 142 Å². The van der Waals surface area contributed by atoms with Crippen molar-refractivity contribution in [2.24, 2.45) is 0 Å². The molecule has 0 unspecified atom stereocenters. The smallest absolute Gasteiger partial charge is 0.306 e. The van der Waals surface area contributed by atoms with Gasteiger partial charge in [-0.15, -0.1) is 11.3 Å². The molecule has 0 saturated heterocycles.